The maximum atomic E-state index is 12.7. The van der Waals surface area contributed by atoms with E-state index in [0.717, 1.165) is 16.7 Å². The van der Waals surface area contributed by atoms with E-state index in [-0.39, 0.29) is 24.2 Å². The Balaban J connectivity index is 1.60. The van der Waals surface area contributed by atoms with Crippen LogP contribution in [0.4, 0.5) is 0 Å². The lowest BCUT2D eigenvalue weighted by atomic mass is 9.88. The van der Waals surface area contributed by atoms with Gasteiger partial charge in [-0.15, -0.1) is 0 Å². The van der Waals surface area contributed by atoms with Crippen molar-refractivity contribution in [2.45, 2.75) is 31.8 Å². The van der Waals surface area contributed by atoms with Crippen LogP contribution in [0.2, 0.25) is 0 Å². The van der Waals surface area contributed by atoms with Gasteiger partial charge in [-0.3, -0.25) is 14.6 Å². The van der Waals surface area contributed by atoms with Gasteiger partial charge in [0.1, 0.15) is 6.04 Å². The van der Waals surface area contributed by atoms with E-state index in [2.05, 4.69) is 15.6 Å². The summed E-state index contributed by atoms with van der Waals surface area (Å²) in [5, 5.41) is 5.65. The smallest absolute Gasteiger partial charge is 0.242 e. The Kier molecular flexibility index (Phi) is 7.11. The first kappa shape index (κ1) is 20.3. The number of aromatic nitrogens is 1. The number of amides is 2. The normalized spacial score (nSPS) is 11.7. The molecule has 0 fully saturated rings. The predicted octanol–water partition coefficient (Wildman–Crippen LogP) is 3.42. The molecule has 1 heterocycles. The third-order valence-corrected chi connectivity index (χ3v) is 4.75. The Hall–Kier alpha value is -3.47. The number of rotatable bonds is 8. The topological polar surface area (TPSA) is 71.1 Å². The lowest BCUT2D eigenvalue weighted by Gasteiger charge is -2.20. The fourth-order valence-electron chi connectivity index (χ4n) is 3.20. The second kappa shape index (κ2) is 10.2. The second-order valence-corrected chi connectivity index (χ2v) is 6.95. The van der Waals surface area contributed by atoms with E-state index in [4.69, 9.17) is 0 Å². The molecule has 2 aromatic carbocycles. The summed E-state index contributed by atoms with van der Waals surface area (Å²) < 4.78 is 0. The average Bonchev–Trinajstić information content (AvgIpc) is 2.77. The highest BCUT2D eigenvalue weighted by molar-refractivity contribution is 5.87. The van der Waals surface area contributed by atoms with Gasteiger partial charge in [-0.25, -0.2) is 0 Å². The molecule has 5 nitrogen and oxygen atoms in total. The highest BCUT2D eigenvalue weighted by atomic mass is 16.2. The minimum absolute atomic E-state index is 0.0666. The van der Waals surface area contributed by atoms with Crippen LogP contribution in [-0.4, -0.2) is 22.8 Å². The molecule has 0 aliphatic rings. The van der Waals surface area contributed by atoms with Crippen molar-refractivity contribution in [3.05, 3.63) is 102 Å². The molecule has 0 saturated carbocycles. The fraction of sp³-hybridized carbons (Fsp3) is 0.208. The lowest BCUT2D eigenvalue weighted by Crippen LogP contribution is -2.44. The van der Waals surface area contributed by atoms with Crippen LogP contribution in [0.3, 0.4) is 0 Å². The van der Waals surface area contributed by atoms with Gasteiger partial charge >= 0.3 is 0 Å². The average molecular weight is 387 g/mol. The summed E-state index contributed by atoms with van der Waals surface area (Å²) in [6.07, 6.45) is 3.66. The Morgan fingerprint density at radius 3 is 2.07 bits per heavy atom. The maximum absolute atomic E-state index is 12.7. The van der Waals surface area contributed by atoms with E-state index in [1.165, 1.54) is 0 Å². The van der Waals surface area contributed by atoms with E-state index in [9.17, 15) is 9.59 Å². The standard InChI is InChI=1S/C24H25N3O2/c1-18(24(29)26-17-19-9-8-14-25-16-19)27-23(28)15-22(20-10-4-2-5-11-20)21-12-6-3-7-13-21/h2-14,16,18,22H,15,17H2,1H3,(H,26,29)(H,27,28)/t18-/m0/s1. The first-order chi connectivity index (χ1) is 14.1. The summed E-state index contributed by atoms with van der Waals surface area (Å²) in [4.78, 5) is 29.0. The van der Waals surface area contributed by atoms with Crippen molar-refractivity contribution in [2.24, 2.45) is 0 Å². The van der Waals surface area contributed by atoms with E-state index in [0.29, 0.717) is 6.54 Å². The predicted molar refractivity (Wildman–Crippen MR) is 113 cm³/mol. The number of hydrogen-bond donors (Lipinski definition) is 2. The SMILES string of the molecule is C[C@H](NC(=O)CC(c1ccccc1)c1ccccc1)C(=O)NCc1cccnc1. The van der Waals surface area contributed by atoms with Crippen LogP contribution in [0.1, 0.15) is 36.0 Å². The molecule has 0 unspecified atom stereocenters. The maximum Gasteiger partial charge on any atom is 0.242 e. The Morgan fingerprint density at radius 1 is 0.897 bits per heavy atom. The van der Waals surface area contributed by atoms with Crippen molar-refractivity contribution in [1.29, 1.82) is 0 Å². The number of nitrogens with one attached hydrogen (secondary N) is 2. The highest BCUT2D eigenvalue weighted by Gasteiger charge is 2.21. The molecule has 0 bridgehead atoms. The largest absolute Gasteiger partial charge is 0.350 e. The van der Waals surface area contributed by atoms with Crippen LogP contribution in [0.25, 0.3) is 0 Å². The molecule has 0 aliphatic carbocycles. The molecule has 0 aliphatic heterocycles. The first-order valence-corrected chi connectivity index (χ1v) is 9.69. The van der Waals surface area contributed by atoms with E-state index >= 15 is 0 Å². The number of carbonyl (C=O) groups is 2. The summed E-state index contributed by atoms with van der Waals surface area (Å²) in [7, 11) is 0. The fourth-order valence-corrected chi connectivity index (χ4v) is 3.20. The van der Waals surface area contributed by atoms with Gasteiger partial charge in [0, 0.05) is 31.3 Å². The zero-order chi connectivity index (χ0) is 20.5. The summed E-state index contributed by atoms with van der Waals surface area (Å²) in [6, 6.07) is 23.0. The van der Waals surface area contributed by atoms with Crippen LogP contribution in [0.5, 0.6) is 0 Å². The number of pyridine rings is 1. The molecule has 1 aromatic heterocycles. The van der Waals surface area contributed by atoms with Crippen LogP contribution in [0.15, 0.2) is 85.2 Å². The molecule has 3 rings (SSSR count). The van der Waals surface area contributed by atoms with Gasteiger partial charge in [-0.2, -0.15) is 0 Å². The van der Waals surface area contributed by atoms with Crippen LogP contribution in [0, 0.1) is 0 Å². The summed E-state index contributed by atoms with van der Waals surface area (Å²) in [5.41, 5.74) is 3.05. The Morgan fingerprint density at radius 2 is 1.52 bits per heavy atom. The zero-order valence-electron chi connectivity index (χ0n) is 16.4. The molecule has 0 saturated heterocycles. The van der Waals surface area contributed by atoms with Crippen molar-refractivity contribution < 1.29 is 9.59 Å². The van der Waals surface area contributed by atoms with Crippen LogP contribution >= 0.6 is 0 Å². The van der Waals surface area contributed by atoms with Crippen LogP contribution in [-0.2, 0) is 16.1 Å². The minimum Gasteiger partial charge on any atom is -0.350 e. The van der Waals surface area contributed by atoms with Gasteiger partial charge in [0.05, 0.1) is 0 Å². The van der Waals surface area contributed by atoms with Gasteiger partial charge in [0.2, 0.25) is 11.8 Å². The molecule has 2 N–H and O–H groups in total. The van der Waals surface area contributed by atoms with Crippen molar-refractivity contribution >= 4 is 11.8 Å². The van der Waals surface area contributed by atoms with Gasteiger partial charge in [-0.05, 0) is 29.7 Å². The van der Waals surface area contributed by atoms with Crippen molar-refractivity contribution in [2.75, 3.05) is 0 Å². The third-order valence-electron chi connectivity index (χ3n) is 4.75. The summed E-state index contributed by atoms with van der Waals surface area (Å²) >= 11 is 0. The Labute approximate surface area is 171 Å². The van der Waals surface area contributed by atoms with E-state index in [1.54, 1.807) is 19.3 Å². The quantitative estimate of drug-likeness (QED) is 0.622. The molecule has 2 amide bonds. The van der Waals surface area contributed by atoms with Crippen molar-refractivity contribution in [3.63, 3.8) is 0 Å². The molecule has 0 radical (unpaired) electrons. The van der Waals surface area contributed by atoms with Gasteiger partial charge < -0.3 is 10.6 Å². The summed E-state index contributed by atoms with van der Waals surface area (Å²) in [6.45, 7) is 2.07. The van der Waals surface area contributed by atoms with E-state index in [1.807, 2.05) is 72.8 Å². The van der Waals surface area contributed by atoms with Gasteiger partial charge in [0.25, 0.3) is 0 Å². The van der Waals surface area contributed by atoms with Gasteiger partial charge in [-0.1, -0.05) is 66.7 Å². The van der Waals surface area contributed by atoms with E-state index < -0.39 is 6.04 Å². The number of hydrogen-bond acceptors (Lipinski definition) is 3. The Bertz CT molecular complexity index is 875. The zero-order valence-corrected chi connectivity index (χ0v) is 16.4. The number of carbonyl (C=O) groups excluding carboxylic acids is 2. The number of nitrogens with zero attached hydrogens (tertiary/aromatic N) is 1. The molecule has 29 heavy (non-hydrogen) atoms. The number of benzene rings is 2. The van der Waals surface area contributed by atoms with Crippen molar-refractivity contribution in [3.8, 4) is 0 Å². The lowest BCUT2D eigenvalue weighted by molar-refractivity contribution is -0.128. The highest BCUT2D eigenvalue weighted by Crippen LogP contribution is 2.27. The molecular weight excluding hydrogens is 362 g/mol. The minimum atomic E-state index is -0.619. The second-order valence-electron chi connectivity index (χ2n) is 6.95. The summed E-state index contributed by atoms with van der Waals surface area (Å²) in [5.74, 6) is -0.451. The molecule has 5 heteroatoms. The van der Waals surface area contributed by atoms with Crippen LogP contribution < -0.4 is 10.6 Å². The molecule has 3 aromatic rings. The monoisotopic (exact) mass is 387 g/mol. The first-order valence-electron chi connectivity index (χ1n) is 9.69. The third kappa shape index (κ3) is 6.01. The molecule has 148 valence electrons. The molecule has 1 atom stereocenters. The molecule has 0 spiro atoms. The van der Waals surface area contributed by atoms with Crippen molar-refractivity contribution in [1.82, 2.24) is 15.6 Å². The molecular formula is C24H25N3O2. The van der Waals surface area contributed by atoms with Gasteiger partial charge in [0.15, 0.2) is 0 Å².